The molecule has 2 N–H and O–H groups in total. The summed E-state index contributed by atoms with van der Waals surface area (Å²) in [5, 5.41) is 6.31. The second kappa shape index (κ2) is 5.95. The van der Waals surface area contributed by atoms with Crippen LogP contribution in [-0.4, -0.2) is 48.9 Å². The minimum absolute atomic E-state index is 0.0862. The van der Waals surface area contributed by atoms with E-state index in [1.54, 1.807) is 0 Å². The molecule has 2 saturated heterocycles. The first-order valence-electron chi connectivity index (χ1n) is 8.42. The van der Waals surface area contributed by atoms with E-state index in [0.29, 0.717) is 0 Å². The minimum atomic E-state index is -0.380. The van der Waals surface area contributed by atoms with Gasteiger partial charge in [0.2, 0.25) is 11.8 Å². The predicted molar refractivity (Wildman–Crippen MR) is 80.7 cm³/mol. The molecule has 2 aliphatic heterocycles. The first kappa shape index (κ1) is 14.8. The van der Waals surface area contributed by atoms with Crippen molar-refractivity contribution in [2.45, 2.75) is 51.5 Å². The van der Waals surface area contributed by atoms with Gasteiger partial charge >= 0.3 is 0 Å². The number of hydrogen-bond donors (Lipinski definition) is 2. The fourth-order valence-corrected chi connectivity index (χ4v) is 3.96. The summed E-state index contributed by atoms with van der Waals surface area (Å²) < 4.78 is 0. The van der Waals surface area contributed by atoms with Crippen molar-refractivity contribution in [2.75, 3.05) is 26.2 Å². The summed E-state index contributed by atoms with van der Waals surface area (Å²) >= 11 is 0. The SMILES string of the molecule is C[C@H](NC(=O)C1CC12CCNCC2)C(=O)N1CCCCC1. The van der Waals surface area contributed by atoms with Gasteiger partial charge in [0.05, 0.1) is 0 Å². The van der Waals surface area contributed by atoms with E-state index in [0.717, 1.165) is 58.3 Å². The van der Waals surface area contributed by atoms with Crippen LogP contribution >= 0.6 is 0 Å². The van der Waals surface area contributed by atoms with Crippen molar-refractivity contribution in [3.8, 4) is 0 Å². The lowest BCUT2D eigenvalue weighted by molar-refractivity contribution is -0.137. The molecule has 0 bridgehead atoms. The van der Waals surface area contributed by atoms with Gasteiger partial charge in [0.1, 0.15) is 6.04 Å². The van der Waals surface area contributed by atoms with Gasteiger partial charge in [-0.3, -0.25) is 9.59 Å². The molecule has 2 atom stereocenters. The lowest BCUT2D eigenvalue weighted by Gasteiger charge is -2.29. The fraction of sp³-hybridized carbons (Fsp3) is 0.875. The van der Waals surface area contributed by atoms with Gasteiger partial charge in [0, 0.05) is 19.0 Å². The van der Waals surface area contributed by atoms with Crippen LogP contribution in [0.15, 0.2) is 0 Å². The second-order valence-electron chi connectivity index (χ2n) is 6.99. The Labute approximate surface area is 126 Å². The van der Waals surface area contributed by atoms with E-state index in [2.05, 4.69) is 10.6 Å². The molecule has 0 aromatic heterocycles. The van der Waals surface area contributed by atoms with Gasteiger partial charge in [-0.15, -0.1) is 0 Å². The van der Waals surface area contributed by atoms with Crippen molar-refractivity contribution in [3.05, 3.63) is 0 Å². The van der Waals surface area contributed by atoms with Crippen LogP contribution in [0.4, 0.5) is 0 Å². The van der Waals surface area contributed by atoms with Gasteiger partial charge in [0.25, 0.3) is 0 Å². The van der Waals surface area contributed by atoms with E-state index >= 15 is 0 Å². The first-order valence-corrected chi connectivity index (χ1v) is 8.42. The van der Waals surface area contributed by atoms with Crippen LogP contribution in [0, 0.1) is 11.3 Å². The molecule has 0 aromatic rings. The van der Waals surface area contributed by atoms with Crippen LogP contribution < -0.4 is 10.6 Å². The van der Waals surface area contributed by atoms with Crippen LogP contribution in [0.5, 0.6) is 0 Å². The minimum Gasteiger partial charge on any atom is -0.344 e. The number of rotatable bonds is 3. The van der Waals surface area contributed by atoms with E-state index in [9.17, 15) is 9.59 Å². The molecule has 3 rings (SSSR count). The quantitative estimate of drug-likeness (QED) is 0.812. The third kappa shape index (κ3) is 3.07. The Balaban J connectivity index is 1.49. The summed E-state index contributed by atoms with van der Waals surface area (Å²) in [5.41, 5.74) is 0.239. The van der Waals surface area contributed by atoms with E-state index in [-0.39, 0.29) is 29.2 Å². The van der Waals surface area contributed by atoms with Crippen LogP contribution in [0.2, 0.25) is 0 Å². The third-order valence-electron chi connectivity index (χ3n) is 5.50. The lowest BCUT2D eigenvalue weighted by atomic mass is 9.91. The Bertz CT molecular complexity index is 412. The second-order valence-corrected chi connectivity index (χ2v) is 6.99. The Kier molecular flexibility index (Phi) is 4.20. The van der Waals surface area contributed by atoms with Crippen molar-refractivity contribution in [1.29, 1.82) is 0 Å². The topological polar surface area (TPSA) is 61.4 Å². The molecule has 0 radical (unpaired) electrons. The van der Waals surface area contributed by atoms with Crippen LogP contribution in [0.25, 0.3) is 0 Å². The molecule has 5 nitrogen and oxygen atoms in total. The Morgan fingerprint density at radius 1 is 1.19 bits per heavy atom. The molecule has 3 aliphatic rings. The van der Waals surface area contributed by atoms with Crippen molar-refractivity contribution in [3.63, 3.8) is 0 Å². The van der Waals surface area contributed by atoms with E-state index in [4.69, 9.17) is 0 Å². The largest absolute Gasteiger partial charge is 0.344 e. The highest BCUT2D eigenvalue weighted by Crippen LogP contribution is 2.58. The van der Waals surface area contributed by atoms with Gasteiger partial charge in [-0.05, 0) is 64.0 Å². The Hall–Kier alpha value is -1.10. The highest BCUT2D eigenvalue weighted by molar-refractivity contribution is 5.89. The van der Waals surface area contributed by atoms with Crippen LogP contribution in [0.3, 0.4) is 0 Å². The highest BCUT2D eigenvalue weighted by atomic mass is 16.2. The maximum atomic E-state index is 12.4. The predicted octanol–water partition coefficient (Wildman–Crippen LogP) is 0.893. The molecule has 1 spiro atoms. The van der Waals surface area contributed by atoms with Crippen LogP contribution in [-0.2, 0) is 9.59 Å². The summed E-state index contributed by atoms with van der Waals surface area (Å²) in [7, 11) is 0. The van der Waals surface area contributed by atoms with Gasteiger partial charge in [0.15, 0.2) is 0 Å². The number of nitrogens with zero attached hydrogens (tertiary/aromatic N) is 1. The van der Waals surface area contributed by atoms with Crippen molar-refractivity contribution in [1.82, 2.24) is 15.5 Å². The average Bonchev–Trinajstić information content (AvgIpc) is 3.21. The van der Waals surface area contributed by atoms with E-state index in [1.165, 1.54) is 6.42 Å². The summed E-state index contributed by atoms with van der Waals surface area (Å²) in [6, 6.07) is -0.380. The standard InChI is InChI=1S/C16H27N3O2/c1-12(15(21)19-9-3-2-4-10-19)18-14(20)13-11-16(13)5-7-17-8-6-16/h12-13,17H,2-11H2,1H3,(H,18,20)/t12-,13?/m0/s1. The molecular formula is C16H27N3O2. The van der Waals surface area contributed by atoms with Gasteiger partial charge < -0.3 is 15.5 Å². The first-order chi connectivity index (χ1) is 10.1. The maximum absolute atomic E-state index is 12.4. The number of likely N-dealkylation sites (tertiary alicyclic amines) is 1. The average molecular weight is 293 g/mol. The monoisotopic (exact) mass is 293 g/mol. The zero-order valence-corrected chi connectivity index (χ0v) is 13.0. The molecular weight excluding hydrogens is 266 g/mol. The highest BCUT2D eigenvalue weighted by Gasteiger charge is 2.57. The number of nitrogens with one attached hydrogen (secondary N) is 2. The smallest absolute Gasteiger partial charge is 0.244 e. The van der Waals surface area contributed by atoms with E-state index < -0.39 is 0 Å². The normalized spacial score (nSPS) is 29.0. The molecule has 0 aromatic carbocycles. The van der Waals surface area contributed by atoms with Crippen molar-refractivity contribution < 1.29 is 9.59 Å². The zero-order valence-electron chi connectivity index (χ0n) is 13.0. The molecule has 118 valence electrons. The Morgan fingerprint density at radius 2 is 1.86 bits per heavy atom. The third-order valence-corrected chi connectivity index (χ3v) is 5.50. The van der Waals surface area contributed by atoms with Crippen molar-refractivity contribution in [2.24, 2.45) is 11.3 Å². The number of piperidine rings is 2. The van der Waals surface area contributed by atoms with E-state index in [1.807, 2.05) is 11.8 Å². The Morgan fingerprint density at radius 3 is 2.52 bits per heavy atom. The maximum Gasteiger partial charge on any atom is 0.244 e. The number of hydrogen-bond acceptors (Lipinski definition) is 3. The van der Waals surface area contributed by atoms with Gasteiger partial charge in [-0.25, -0.2) is 0 Å². The molecule has 1 aliphatic carbocycles. The molecule has 2 amide bonds. The van der Waals surface area contributed by atoms with Gasteiger partial charge in [-0.2, -0.15) is 0 Å². The molecule has 3 fully saturated rings. The van der Waals surface area contributed by atoms with Crippen LogP contribution in [0.1, 0.15) is 45.4 Å². The number of carbonyl (C=O) groups is 2. The molecule has 1 unspecified atom stereocenters. The summed E-state index contributed by atoms with van der Waals surface area (Å²) in [4.78, 5) is 26.6. The zero-order chi connectivity index (χ0) is 14.9. The van der Waals surface area contributed by atoms with Crippen molar-refractivity contribution >= 4 is 11.8 Å². The molecule has 5 heteroatoms. The molecule has 1 saturated carbocycles. The summed E-state index contributed by atoms with van der Waals surface area (Å²) in [6.07, 6.45) is 6.59. The summed E-state index contributed by atoms with van der Waals surface area (Å²) in [5.74, 6) is 0.314. The summed E-state index contributed by atoms with van der Waals surface area (Å²) in [6.45, 7) is 5.56. The lowest BCUT2D eigenvalue weighted by Crippen LogP contribution is -2.49. The fourth-order valence-electron chi connectivity index (χ4n) is 3.96. The molecule has 21 heavy (non-hydrogen) atoms. The molecule has 2 heterocycles. The number of amides is 2. The number of carbonyl (C=O) groups excluding carboxylic acids is 2. The van der Waals surface area contributed by atoms with Gasteiger partial charge in [-0.1, -0.05) is 0 Å².